The molecule has 2 amide bonds. The van der Waals surface area contributed by atoms with Crippen LogP contribution >= 0.6 is 11.6 Å². The van der Waals surface area contributed by atoms with E-state index in [1.165, 1.54) is 5.56 Å². The zero-order chi connectivity index (χ0) is 25.7. The third kappa shape index (κ3) is 5.73. The number of hydrogen-bond donors (Lipinski definition) is 1. The number of hydrogen-bond acceptors (Lipinski definition) is 4. The predicted molar refractivity (Wildman–Crippen MR) is 142 cm³/mol. The van der Waals surface area contributed by atoms with Crippen molar-refractivity contribution in [2.45, 2.75) is 66.0 Å². The minimum atomic E-state index is -0.573. The number of nitrogens with zero attached hydrogens (tertiary/aromatic N) is 3. The highest BCUT2D eigenvalue weighted by atomic mass is 35.5. The summed E-state index contributed by atoms with van der Waals surface area (Å²) in [6.45, 7) is 7.65. The van der Waals surface area contributed by atoms with E-state index in [9.17, 15) is 9.59 Å². The number of aromatic nitrogens is 2. The maximum Gasteiger partial charge on any atom is 0.414 e. The standard InChI is InChI=1S/C28H33ClN4O3/c1-4-5-15-33(26(34)21-11-9-13-23(29)17-21)25-27(32-16-7-6-14-24(32)31-25)36-28(35)30-18-22-12-8-10-19(2)20(22)3/h8-13,17H,4-7,14-16,18H2,1-3H3,(H,30,35). The zero-order valence-corrected chi connectivity index (χ0v) is 21.9. The number of benzene rings is 2. The molecule has 8 heteroatoms. The minimum Gasteiger partial charge on any atom is -0.389 e. The van der Waals surface area contributed by atoms with E-state index in [1.54, 1.807) is 29.2 Å². The average molecular weight is 509 g/mol. The molecular formula is C28H33ClN4O3. The van der Waals surface area contributed by atoms with Crippen LogP contribution in [0.3, 0.4) is 0 Å². The van der Waals surface area contributed by atoms with Crippen molar-refractivity contribution in [1.82, 2.24) is 14.9 Å². The van der Waals surface area contributed by atoms with Gasteiger partial charge in [0.25, 0.3) is 5.91 Å². The second kappa shape index (κ2) is 11.6. The van der Waals surface area contributed by atoms with Crippen molar-refractivity contribution in [3.05, 3.63) is 75.6 Å². The summed E-state index contributed by atoms with van der Waals surface area (Å²) in [4.78, 5) is 33.0. The van der Waals surface area contributed by atoms with Gasteiger partial charge in [0.2, 0.25) is 5.88 Å². The fourth-order valence-electron chi connectivity index (χ4n) is 4.41. The molecule has 0 spiro atoms. The summed E-state index contributed by atoms with van der Waals surface area (Å²) in [5.41, 5.74) is 3.80. The molecule has 0 saturated heterocycles. The van der Waals surface area contributed by atoms with Gasteiger partial charge < -0.3 is 10.1 Å². The quantitative estimate of drug-likeness (QED) is 0.391. The SMILES string of the molecule is CCCCN(C(=O)c1cccc(Cl)c1)c1nc2n(c1OC(=O)NCc1cccc(C)c1C)CCCC2. The number of fused-ring (bicyclic) bond motifs is 1. The van der Waals surface area contributed by atoms with E-state index < -0.39 is 6.09 Å². The van der Waals surface area contributed by atoms with E-state index in [-0.39, 0.29) is 5.91 Å². The van der Waals surface area contributed by atoms with Gasteiger partial charge in [-0.2, -0.15) is 0 Å². The number of carbonyl (C=O) groups is 2. The smallest absolute Gasteiger partial charge is 0.389 e. The Balaban J connectivity index is 1.63. The van der Waals surface area contributed by atoms with Gasteiger partial charge in [-0.15, -0.1) is 0 Å². The third-order valence-electron chi connectivity index (χ3n) is 6.65. The number of ether oxygens (including phenoxy) is 1. The molecule has 0 radical (unpaired) electrons. The Morgan fingerprint density at radius 1 is 1.17 bits per heavy atom. The van der Waals surface area contributed by atoms with Gasteiger partial charge in [-0.1, -0.05) is 49.2 Å². The van der Waals surface area contributed by atoms with Crippen LogP contribution in [0.2, 0.25) is 5.02 Å². The van der Waals surface area contributed by atoms with E-state index in [1.807, 2.05) is 36.6 Å². The van der Waals surface area contributed by atoms with Crippen molar-refractivity contribution in [1.29, 1.82) is 0 Å². The Labute approximate surface area is 217 Å². The lowest BCUT2D eigenvalue weighted by Gasteiger charge is -2.22. The average Bonchev–Trinajstić information content (AvgIpc) is 3.23. The summed E-state index contributed by atoms with van der Waals surface area (Å²) in [6, 6.07) is 12.9. The van der Waals surface area contributed by atoms with Crippen LogP contribution in [0.15, 0.2) is 42.5 Å². The first-order valence-corrected chi connectivity index (χ1v) is 12.9. The molecule has 7 nitrogen and oxygen atoms in total. The maximum absolute atomic E-state index is 13.6. The fourth-order valence-corrected chi connectivity index (χ4v) is 4.60. The molecule has 1 N–H and O–H groups in total. The van der Waals surface area contributed by atoms with E-state index in [0.29, 0.717) is 41.9 Å². The predicted octanol–water partition coefficient (Wildman–Crippen LogP) is 6.23. The molecule has 0 saturated carbocycles. The van der Waals surface area contributed by atoms with Crippen LogP contribution < -0.4 is 15.0 Å². The summed E-state index contributed by atoms with van der Waals surface area (Å²) < 4.78 is 7.81. The van der Waals surface area contributed by atoms with Crippen LogP contribution in [0.1, 0.15) is 65.5 Å². The first-order valence-electron chi connectivity index (χ1n) is 12.6. The molecule has 4 rings (SSSR count). The van der Waals surface area contributed by atoms with Crippen LogP contribution in [-0.4, -0.2) is 28.1 Å². The Bertz CT molecular complexity index is 1250. The highest BCUT2D eigenvalue weighted by Crippen LogP contribution is 2.34. The van der Waals surface area contributed by atoms with Crippen molar-refractivity contribution in [3.8, 4) is 5.88 Å². The number of aryl methyl sites for hydroxylation is 2. The van der Waals surface area contributed by atoms with E-state index in [4.69, 9.17) is 21.3 Å². The molecule has 3 aromatic rings. The van der Waals surface area contributed by atoms with Gasteiger partial charge in [-0.3, -0.25) is 14.3 Å². The maximum atomic E-state index is 13.6. The number of imidazole rings is 1. The van der Waals surface area contributed by atoms with Gasteiger partial charge in [0.1, 0.15) is 5.82 Å². The lowest BCUT2D eigenvalue weighted by atomic mass is 10.0. The van der Waals surface area contributed by atoms with Crippen molar-refractivity contribution in [2.75, 3.05) is 11.4 Å². The normalized spacial score (nSPS) is 12.7. The van der Waals surface area contributed by atoms with Gasteiger partial charge in [0.05, 0.1) is 0 Å². The second-order valence-electron chi connectivity index (χ2n) is 9.19. The molecule has 0 fully saturated rings. The Hall–Kier alpha value is -3.32. The lowest BCUT2D eigenvalue weighted by Crippen LogP contribution is -2.34. The zero-order valence-electron chi connectivity index (χ0n) is 21.1. The molecule has 190 valence electrons. The van der Waals surface area contributed by atoms with Crippen LogP contribution in [0, 0.1) is 13.8 Å². The molecule has 0 atom stereocenters. The van der Waals surface area contributed by atoms with Gasteiger partial charge in [0, 0.05) is 36.6 Å². The molecule has 1 aliphatic heterocycles. The highest BCUT2D eigenvalue weighted by Gasteiger charge is 2.30. The molecule has 0 unspecified atom stereocenters. The summed E-state index contributed by atoms with van der Waals surface area (Å²) in [5.74, 6) is 1.30. The number of nitrogens with one attached hydrogen (secondary N) is 1. The summed E-state index contributed by atoms with van der Waals surface area (Å²) in [7, 11) is 0. The number of amides is 2. The number of unbranched alkanes of at least 4 members (excludes halogenated alkanes) is 1. The Morgan fingerprint density at radius 3 is 2.75 bits per heavy atom. The highest BCUT2D eigenvalue weighted by molar-refractivity contribution is 6.31. The van der Waals surface area contributed by atoms with Gasteiger partial charge >= 0.3 is 6.09 Å². The molecular weight excluding hydrogens is 476 g/mol. The number of rotatable bonds is 8. The number of halogens is 1. The molecule has 0 aliphatic carbocycles. The second-order valence-corrected chi connectivity index (χ2v) is 9.62. The topological polar surface area (TPSA) is 76.5 Å². The number of anilines is 1. The molecule has 1 aromatic heterocycles. The van der Waals surface area contributed by atoms with Gasteiger partial charge in [-0.05, 0) is 68.0 Å². The van der Waals surface area contributed by atoms with Crippen LogP contribution in [0.25, 0.3) is 0 Å². The fraction of sp³-hybridized carbons (Fsp3) is 0.393. The van der Waals surface area contributed by atoms with E-state index in [0.717, 1.165) is 49.1 Å². The lowest BCUT2D eigenvalue weighted by molar-refractivity contribution is 0.0984. The van der Waals surface area contributed by atoms with Crippen LogP contribution in [-0.2, 0) is 19.5 Å². The molecule has 1 aliphatic rings. The van der Waals surface area contributed by atoms with Gasteiger partial charge in [0.15, 0.2) is 5.82 Å². The monoisotopic (exact) mass is 508 g/mol. The van der Waals surface area contributed by atoms with Crippen molar-refractivity contribution in [3.63, 3.8) is 0 Å². The molecule has 0 bridgehead atoms. The van der Waals surface area contributed by atoms with Crippen LogP contribution in [0.4, 0.5) is 10.6 Å². The molecule has 2 heterocycles. The summed E-state index contributed by atoms with van der Waals surface area (Å²) in [6.07, 6.45) is 3.85. The largest absolute Gasteiger partial charge is 0.414 e. The number of carbonyl (C=O) groups excluding carboxylic acids is 2. The van der Waals surface area contributed by atoms with E-state index >= 15 is 0 Å². The van der Waals surface area contributed by atoms with Crippen molar-refractivity contribution >= 4 is 29.4 Å². The van der Waals surface area contributed by atoms with Crippen molar-refractivity contribution in [2.24, 2.45) is 0 Å². The summed E-state index contributed by atoms with van der Waals surface area (Å²) in [5, 5.41) is 3.36. The van der Waals surface area contributed by atoms with Crippen LogP contribution in [0.5, 0.6) is 5.88 Å². The third-order valence-corrected chi connectivity index (χ3v) is 6.89. The summed E-state index contributed by atoms with van der Waals surface area (Å²) >= 11 is 6.16. The Morgan fingerprint density at radius 2 is 1.97 bits per heavy atom. The molecule has 36 heavy (non-hydrogen) atoms. The first-order chi connectivity index (χ1) is 17.4. The van der Waals surface area contributed by atoms with Crippen molar-refractivity contribution < 1.29 is 14.3 Å². The first kappa shape index (κ1) is 25.8. The van der Waals surface area contributed by atoms with E-state index in [2.05, 4.69) is 12.2 Å². The Kier molecular flexibility index (Phi) is 8.31. The minimum absolute atomic E-state index is 0.220. The van der Waals surface area contributed by atoms with Gasteiger partial charge in [-0.25, -0.2) is 9.78 Å². The molecule has 2 aromatic carbocycles.